The van der Waals surface area contributed by atoms with Crippen molar-refractivity contribution in [2.24, 2.45) is 0 Å². The lowest BCUT2D eigenvalue weighted by Gasteiger charge is -2.10. The molecule has 0 spiro atoms. The number of thiazole rings is 1. The predicted molar refractivity (Wildman–Crippen MR) is 96.7 cm³/mol. The highest BCUT2D eigenvalue weighted by Gasteiger charge is 2.14. The summed E-state index contributed by atoms with van der Waals surface area (Å²) in [6.07, 6.45) is 0. The van der Waals surface area contributed by atoms with Gasteiger partial charge in [0.25, 0.3) is 5.91 Å². The molecule has 1 aromatic carbocycles. The average molecular weight is 358 g/mol. The van der Waals surface area contributed by atoms with Gasteiger partial charge in [0.15, 0.2) is 22.4 Å². The third-order valence-corrected chi connectivity index (χ3v) is 4.20. The molecule has 3 aromatic rings. The third kappa shape index (κ3) is 3.83. The maximum atomic E-state index is 12.4. The van der Waals surface area contributed by atoms with Crippen LogP contribution in [-0.4, -0.2) is 24.6 Å². The number of ether oxygens (including phenoxy) is 2. The number of amides is 1. The van der Waals surface area contributed by atoms with Crippen molar-refractivity contribution in [2.45, 2.75) is 13.8 Å². The van der Waals surface area contributed by atoms with Crippen LogP contribution in [0.2, 0.25) is 0 Å². The molecule has 0 saturated carbocycles. The summed E-state index contributed by atoms with van der Waals surface area (Å²) in [5.74, 6) is 2.34. The Morgan fingerprint density at radius 3 is 2.80 bits per heavy atom. The van der Waals surface area contributed by atoms with Crippen molar-refractivity contribution >= 4 is 22.4 Å². The molecular formula is C18H18N2O4S. The highest BCUT2D eigenvalue weighted by Crippen LogP contribution is 2.29. The van der Waals surface area contributed by atoms with Crippen LogP contribution in [0.25, 0.3) is 11.5 Å². The number of rotatable bonds is 6. The average Bonchev–Trinajstić information content (AvgIpc) is 3.24. The molecule has 2 heterocycles. The Hall–Kier alpha value is -2.80. The fourth-order valence-electron chi connectivity index (χ4n) is 2.27. The molecule has 6 nitrogen and oxygen atoms in total. The second kappa shape index (κ2) is 7.40. The van der Waals surface area contributed by atoms with Crippen LogP contribution in [0, 0.1) is 6.92 Å². The predicted octanol–water partition coefficient (Wildman–Crippen LogP) is 4.37. The molecule has 7 heteroatoms. The Morgan fingerprint density at radius 1 is 1.28 bits per heavy atom. The second-order valence-electron chi connectivity index (χ2n) is 5.20. The zero-order valence-electron chi connectivity index (χ0n) is 14.2. The van der Waals surface area contributed by atoms with E-state index in [0.29, 0.717) is 40.3 Å². The topological polar surface area (TPSA) is 73.6 Å². The fourth-order valence-corrected chi connectivity index (χ4v) is 2.96. The number of hydrogen-bond acceptors (Lipinski definition) is 6. The molecule has 0 aliphatic heterocycles. The van der Waals surface area contributed by atoms with E-state index in [1.54, 1.807) is 18.2 Å². The lowest BCUT2D eigenvalue weighted by molar-refractivity contribution is 0.102. The summed E-state index contributed by atoms with van der Waals surface area (Å²) in [4.78, 5) is 16.8. The number of nitrogens with one attached hydrogen (secondary N) is 1. The number of aryl methyl sites for hydroxylation is 1. The number of furan rings is 1. The largest absolute Gasteiger partial charge is 0.493 e. The summed E-state index contributed by atoms with van der Waals surface area (Å²) < 4.78 is 16.3. The molecule has 0 radical (unpaired) electrons. The smallest absolute Gasteiger partial charge is 0.257 e. The van der Waals surface area contributed by atoms with Gasteiger partial charge < -0.3 is 13.9 Å². The van der Waals surface area contributed by atoms with Gasteiger partial charge in [-0.3, -0.25) is 10.1 Å². The molecule has 2 aromatic heterocycles. The van der Waals surface area contributed by atoms with E-state index in [1.807, 2.05) is 31.4 Å². The van der Waals surface area contributed by atoms with E-state index in [0.717, 1.165) is 5.76 Å². The van der Waals surface area contributed by atoms with E-state index in [2.05, 4.69) is 10.3 Å². The van der Waals surface area contributed by atoms with Crippen LogP contribution in [0.4, 0.5) is 5.13 Å². The van der Waals surface area contributed by atoms with E-state index < -0.39 is 0 Å². The summed E-state index contributed by atoms with van der Waals surface area (Å²) in [5.41, 5.74) is 1.16. The second-order valence-corrected chi connectivity index (χ2v) is 6.06. The number of nitrogens with zero attached hydrogens (tertiary/aromatic N) is 1. The first-order valence-electron chi connectivity index (χ1n) is 7.75. The number of benzene rings is 1. The van der Waals surface area contributed by atoms with Crippen LogP contribution in [-0.2, 0) is 0 Å². The minimum atomic E-state index is -0.266. The van der Waals surface area contributed by atoms with Crippen molar-refractivity contribution in [3.8, 4) is 23.0 Å². The van der Waals surface area contributed by atoms with Gasteiger partial charge in [0.05, 0.1) is 13.7 Å². The van der Waals surface area contributed by atoms with Crippen molar-refractivity contribution in [3.05, 3.63) is 47.0 Å². The Morgan fingerprint density at radius 2 is 2.12 bits per heavy atom. The molecule has 25 heavy (non-hydrogen) atoms. The molecule has 0 aliphatic carbocycles. The summed E-state index contributed by atoms with van der Waals surface area (Å²) in [5, 5.41) is 5.13. The summed E-state index contributed by atoms with van der Waals surface area (Å²) >= 11 is 1.34. The molecule has 0 fully saturated rings. The summed E-state index contributed by atoms with van der Waals surface area (Å²) in [6, 6.07) is 8.78. The lowest BCUT2D eigenvalue weighted by atomic mass is 10.2. The van der Waals surface area contributed by atoms with Crippen molar-refractivity contribution in [3.63, 3.8) is 0 Å². The molecule has 1 amide bonds. The first-order valence-corrected chi connectivity index (χ1v) is 8.63. The van der Waals surface area contributed by atoms with Gasteiger partial charge in [-0.05, 0) is 44.2 Å². The Kier molecular flexibility index (Phi) is 5.04. The first-order chi connectivity index (χ1) is 12.1. The van der Waals surface area contributed by atoms with Gasteiger partial charge in [0, 0.05) is 10.9 Å². The highest BCUT2D eigenvalue weighted by molar-refractivity contribution is 7.14. The minimum Gasteiger partial charge on any atom is -0.493 e. The first kappa shape index (κ1) is 17.0. The van der Waals surface area contributed by atoms with Crippen molar-refractivity contribution < 1.29 is 18.7 Å². The minimum absolute atomic E-state index is 0.266. The van der Waals surface area contributed by atoms with Gasteiger partial charge in [-0.2, -0.15) is 0 Å². The molecule has 0 aliphatic rings. The SMILES string of the molecule is CCOc1ccc(C(=O)Nc2nc(-c3ccc(C)o3)cs2)cc1OC. The molecule has 3 rings (SSSR count). The molecule has 0 atom stereocenters. The standard InChI is InChI=1S/C18H18N2O4S/c1-4-23-15-8-6-12(9-16(15)22-3)17(21)20-18-19-13(10-25-18)14-7-5-11(2)24-14/h5-10H,4H2,1-3H3,(H,19,20,21). The van der Waals surface area contributed by atoms with Gasteiger partial charge in [-0.1, -0.05) is 0 Å². The van der Waals surface area contributed by atoms with E-state index >= 15 is 0 Å². The lowest BCUT2D eigenvalue weighted by Crippen LogP contribution is -2.12. The van der Waals surface area contributed by atoms with Gasteiger partial charge in [-0.25, -0.2) is 4.98 Å². The molecule has 130 valence electrons. The number of carbonyl (C=O) groups excluding carboxylic acids is 1. The van der Waals surface area contributed by atoms with E-state index in [-0.39, 0.29) is 5.91 Å². The van der Waals surface area contributed by atoms with Gasteiger partial charge in [0.1, 0.15) is 11.5 Å². The summed E-state index contributed by atoms with van der Waals surface area (Å²) in [6.45, 7) is 4.29. The quantitative estimate of drug-likeness (QED) is 0.708. The van der Waals surface area contributed by atoms with Gasteiger partial charge >= 0.3 is 0 Å². The monoisotopic (exact) mass is 358 g/mol. The maximum Gasteiger partial charge on any atom is 0.257 e. The van der Waals surface area contributed by atoms with Crippen LogP contribution >= 0.6 is 11.3 Å². The number of anilines is 1. The molecule has 0 unspecified atom stereocenters. The summed E-state index contributed by atoms with van der Waals surface area (Å²) in [7, 11) is 1.54. The molecular weight excluding hydrogens is 340 g/mol. The van der Waals surface area contributed by atoms with Crippen molar-refractivity contribution in [1.82, 2.24) is 4.98 Å². The number of methoxy groups -OCH3 is 1. The molecule has 1 N–H and O–H groups in total. The maximum absolute atomic E-state index is 12.4. The highest BCUT2D eigenvalue weighted by atomic mass is 32.1. The van der Waals surface area contributed by atoms with Crippen LogP contribution in [0.1, 0.15) is 23.0 Å². The molecule has 0 saturated heterocycles. The van der Waals surface area contributed by atoms with Crippen molar-refractivity contribution in [1.29, 1.82) is 0 Å². The van der Waals surface area contributed by atoms with Crippen LogP contribution in [0.15, 0.2) is 40.1 Å². The Labute approximate surface area is 149 Å². The third-order valence-electron chi connectivity index (χ3n) is 3.44. The normalized spacial score (nSPS) is 10.5. The van der Waals surface area contributed by atoms with Crippen LogP contribution in [0.5, 0.6) is 11.5 Å². The van der Waals surface area contributed by atoms with E-state index in [9.17, 15) is 4.79 Å². The number of carbonyl (C=O) groups is 1. The van der Waals surface area contributed by atoms with E-state index in [4.69, 9.17) is 13.9 Å². The number of aromatic nitrogens is 1. The van der Waals surface area contributed by atoms with Crippen LogP contribution < -0.4 is 14.8 Å². The molecule has 0 bridgehead atoms. The van der Waals surface area contributed by atoms with Crippen molar-refractivity contribution in [2.75, 3.05) is 19.0 Å². The van der Waals surface area contributed by atoms with Crippen LogP contribution in [0.3, 0.4) is 0 Å². The Balaban J connectivity index is 1.75. The fraction of sp³-hybridized carbons (Fsp3) is 0.222. The van der Waals surface area contributed by atoms with E-state index in [1.165, 1.54) is 18.4 Å². The van der Waals surface area contributed by atoms with Gasteiger partial charge in [-0.15, -0.1) is 11.3 Å². The zero-order valence-corrected chi connectivity index (χ0v) is 15.0. The number of hydrogen-bond donors (Lipinski definition) is 1. The Bertz CT molecular complexity index is 885. The zero-order chi connectivity index (χ0) is 17.8. The van der Waals surface area contributed by atoms with Gasteiger partial charge in [0.2, 0.25) is 0 Å².